The van der Waals surface area contributed by atoms with Crippen LogP contribution in [0.25, 0.3) is 0 Å². The molecule has 0 spiro atoms. The van der Waals surface area contributed by atoms with E-state index in [1.54, 1.807) is 4.40 Å². The van der Waals surface area contributed by atoms with Gasteiger partial charge in [-0.2, -0.15) is 0 Å². The van der Waals surface area contributed by atoms with E-state index >= 15 is 0 Å². The zero-order valence-corrected chi connectivity index (χ0v) is 18.6. The van der Waals surface area contributed by atoms with Crippen LogP contribution in [0.4, 0.5) is 0 Å². The fraction of sp³-hybridized carbons (Fsp3) is 0.111. The van der Waals surface area contributed by atoms with E-state index < -0.39 is 13.3 Å². The summed E-state index contributed by atoms with van der Waals surface area (Å²) in [7, 11) is 0. The van der Waals surface area contributed by atoms with Gasteiger partial charge in [-0.1, -0.05) is 0 Å². The Morgan fingerprint density at radius 2 is 0.821 bits per heavy atom. The Kier molecular flexibility index (Phi) is 5.50. The molecule has 28 heavy (non-hydrogen) atoms. The molecular formula is C27H26Ge. The number of benzene rings is 4. The summed E-state index contributed by atoms with van der Waals surface area (Å²) in [5.74, 6) is 0.484. The van der Waals surface area contributed by atoms with E-state index in [4.69, 9.17) is 0 Å². The van der Waals surface area contributed by atoms with Crippen LogP contribution in [0, 0.1) is 0 Å². The summed E-state index contributed by atoms with van der Waals surface area (Å²) in [6.45, 7) is 4.62. The zero-order chi connectivity index (χ0) is 19.4. The molecule has 0 aromatic heterocycles. The second-order valence-corrected chi connectivity index (χ2v) is 15.5. The Hall–Kier alpha value is -2.58. The third-order valence-corrected chi connectivity index (χ3v) is 15.8. The van der Waals surface area contributed by atoms with Crippen LogP contribution in [0.15, 0.2) is 115 Å². The van der Waals surface area contributed by atoms with Crippen LogP contribution < -0.4 is 17.6 Å². The maximum atomic E-state index is 2.39. The SMILES string of the molecule is CC(C)c1cccc[c]1[Ge]([c]1ccccc1)([c]1ccccc1)[c]1ccccc1. The van der Waals surface area contributed by atoms with Gasteiger partial charge < -0.3 is 0 Å². The summed E-state index contributed by atoms with van der Waals surface area (Å²) in [6.07, 6.45) is 0. The van der Waals surface area contributed by atoms with Gasteiger partial charge in [-0.15, -0.1) is 0 Å². The molecule has 4 aromatic rings. The first-order chi connectivity index (χ1) is 13.7. The zero-order valence-electron chi connectivity index (χ0n) is 16.5. The van der Waals surface area contributed by atoms with Crippen LogP contribution in [0.3, 0.4) is 0 Å². The predicted octanol–water partition coefficient (Wildman–Crippen LogP) is 4.19. The summed E-state index contributed by atoms with van der Waals surface area (Å²) in [5.41, 5.74) is 1.47. The molecule has 0 aliphatic heterocycles. The summed E-state index contributed by atoms with van der Waals surface area (Å²) >= 11 is -3.13. The van der Waals surface area contributed by atoms with E-state index in [1.165, 1.54) is 18.8 Å². The van der Waals surface area contributed by atoms with E-state index in [0.29, 0.717) is 5.92 Å². The van der Waals surface area contributed by atoms with Gasteiger partial charge in [-0.05, 0) is 0 Å². The minimum atomic E-state index is -3.13. The Morgan fingerprint density at radius 1 is 0.464 bits per heavy atom. The van der Waals surface area contributed by atoms with E-state index in [1.807, 2.05) is 0 Å². The van der Waals surface area contributed by atoms with Gasteiger partial charge in [0.1, 0.15) is 0 Å². The molecule has 0 atom stereocenters. The van der Waals surface area contributed by atoms with Crippen LogP contribution >= 0.6 is 0 Å². The second kappa shape index (κ2) is 8.20. The van der Waals surface area contributed by atoms with Crippen molar-refractivity contribution in [3.05, 3.63) is 121 Å². The van der Waals surface area contributed by atoms with Crippen molar-refractivity contribution >= 4 is 30.8 Å². The molecule has 0 aliphatic rings. The minimum absolute atomic E-state index is 0.484. The summed E-state index contributed by atoms with van der Waals surface area (Å²) in [6, 6.07) is 42.7. The van der Waals surface area contributed by atoms with Gasteiger partial charge in [0.2, 0.25) is 0 Å². The van der Waals surface area contributed by atoms with Crippen molar-refractivity contribution in [3.63, 3.8) is 0 Å². The van der Waals surface area contributed by atoms with Crippen molar-refractivity contribution in [2.75, 3.05) is 0 Å². The standard InChI is InChI=1S/C27H26Ge/c1-22(2)26-20-12-13-21-27(26)28(23-14-6-3-7-15-23,24-16-8-4-9-17-24)25-18-10-5-11-19-25/h3-22H,1-2H3. The second-order valence-electron chi connectivity index (χ2n) is 7.59. The van der Waals surface area contributed by atoms with Crippen molar-refractivity contribution in [2.24, 2.45) is 0 Å². The van der Waals surface area contributed by atoms with Gasteiger partial charge in [0.25, 0.3) is 0 Å². The van der Waals surface area contributed by atoms with E-state index in [9.17, 15) is 0 Å². The van der Waals surface area contributed by atoms with Crippen molar-refractivity contribution in [3.8, 4) is 0 Å². The van der Waals surface area contributed by atoms with Crippen molar-refractivity contribution in [2.45, 2.75) is 19.8 Å². The first kappa shape index (κ1) is 18.8. The molecule has 0 nitrogen and oxygen atoms in total. The normalized spacial score (nSPS) is 11.5. The Balaban J connectivity index is 2.18. The van der Waals surface area contributed by atoms with Gasteiger partial charge in [0.15, 0.2) is 0 Å². The molecule has 0 unspecified atom stereocenters. The molecule has 0 saturated heterocycles. The quantitative estimate of drug-likeness (QED) is 0.423. The summed E-state index contributed by atoms with van der Waals surface area (Å²) in [5, 5.41) is 0. The van der Waals surface area contributed by atoms with Crippen molar-refractivity contribution < 1.29 is 0 Å². The van der Waals surface area contributed by atoms with Gasteiger partial charge in [-0.25, -0.2) is 0 Å². The monoisotopic (exact) mass is 424 g/mol. The molecular weight excluding hydrogens is 397 g/mol. The van der Waals surface area contributed by atoms with E-state index in [-0.39, 0.29) is 0 Å². The molecule has 4 rings (SSSR count). The van der Waals surface area contributed by atoms with Crippen molar-refractivity contribution in [1.29, 1.82) is 0 Å². The number of hydrogen-bond donors (Lipinski definition) is 0. The maximum absolute atomic E-state index is 3.13. The first-order valence-corrected chi connectivity index (χ1v) is 14.2. The molecule has 0 saturated carbocycles. The molecule has 0 bridgehead atoms. The molecule has 0 amide bonds. The van der Waals surface area contributed by atoms with Gasteiger partial charge in [-0.3, -0.25) is 0 Å². The summed E-state index contributed by atoms with van der Waals surface area (Å²) in [4.78, 5) is 0. The third-order valence-electron chi connectivity index (χ3n) is 5.61. The van der Waals surface area contributed by atoms with Gasteiger partial charge >= 0.3 is 171 Å². The van der Waals surface area contributed by atoms with Crippen LogP contribution in [-0.2, 0) is 0 Å². The molecule has 0 aliphatic carbocycles. The first-order valence-electron chi connectivity index (χ1n) is 10.0. The van der Waals surface area contributed by atoms with Crippen molar-refractivity contribution in [1.82, 2.24) is 0 Å². The Morgan fingerprint density at radius 3 is 1.21 bits per heavy atom. The topological polar surface area (TPSA) is 0 Å². The van der Waals surface area contributed by atoms with Gasteiger partial charge in [0, 0.05) is 0 Å². The summed E-state index contributed by atoms with van der Waals surface area (Å²) < 4.78 is 5.98. The molecule has 4 aromatic carbocycles. The molecule has 138 valence electrons. The van der Waals surface area contributed by atoms with Crippen LogP contribution in [0.2, 0.25) is 0 Å². The van der Waals surface area contributed by atoms with E-state index in [2.05, 4.69) is 129 Å². The third kappa shape index (κ3) is 3.23. The molecule has 0 radical (unpaired) electrons. The van der Waals surface area contributed by atoms with Crippen LogP contribution in [0.1, 0.15) is 25.3 Å². The fourth-order valence-electron chi connectivity index (χ4n) is 4.37. The number of hydrogen-bond acceptors (Lipinski definition) is 0. The molecule has 0 fully saturated rings. The number of rotatable bonds is 5. The van der Waals surface area contributed by atoms with Crippen LogP contribution in [0.5, 0.6) is 0 Å². The average Bonchev–Trinajstić information content (AvgIpc) is 2.77. The predicted molar refractivity (Wildman–Crippen MR) is 124 cm³/mol. The Labute approximate surface area is 171 Å². The van der Waals surface area contributed by atoms with Crippen LogP contribution in [-0.4, -0.2) is 13.3 Å². The average molecular weight is 423 g/mol. The molecule has 0 heterocycles. The molecule has 1 heteroatoms. The Bertz CT molecular complexity index is 925. The molecule has 0 N–H and O–H groups in total. The van der Waals surface area contributed by atoms with Gasteiger partial charge in [0.05, 0.1) is 0 Å². The van der Waals surface area contributed by atoms with E-state index in [0.717, 1.165) is 0 Å². The fourth-order valence-corrected chi connectivity index (χ4v) is 15.2.